The lowest BCUT2D eigenvalue weighted by Gasteiger charge is -2.18. The molecule has 0 amide bonds. The SMILES string of the molecule is CCCNC(CCCOC)c1ccnnc1. The minimum atomic E-state index is 0.366. The predicted molar refractivity (Wildman–Crippen MR) is 64.2 cm³/mol. The van der Waals surface area contributed by atoms with Crippen molar-refractivity contribution < 1.29 is 4.74 Å². The van der Waals surface area contributed by atoms with Crippen LogP contribution in [-0.2, 0) is 4.74 Å². The van der Waals surface area contributed by atoms with Gasteiger partial charge in [0, 0.05) is 26.0 Å². The molecule has 0 aliphatic rings. The molecule has 1 rings (SSSR count). The molecule has 4 heteroatoms. The fourth-order valence-corrected chi connectivity index (χ4v) is 1.64. The van der Waals surface area contributed by atoms with E-state index in [-0.39, 0.29) is 0 Å². The van der Waals surface area contributed by atoms with Crippen molar-refractivity contribution in [2.45, 2.75) is 32.2 Å². The molecule has 0 aliphatic heterocycles. The molecule has 1 aromatic heterocycles. The van der Waals surface area contributed by atoms with E-state index in [4.69, 9.17) is 4.74 Å². The van der Waals surface area contributed by atoms with Crippen molar-refractivity contribution >= 4 is 0 Å². The first-order valence-electron chi connectivity index (χ1n) is 5.87. The Morgan fingerprint density at radius 2 is 2.31 bits per heavy atom. The number of rotatable bonds is 8. The van der Waals surface area contributed by atoms with Gasteiger partial charge in [0.15, 0.2) is 0 Å². The van der Waals surface area contributed by atoms with E-state index < -0.39 is 0 Å². The molecule has 0 aliphatic carbocycles. The smallest absolute Gasteiger partial charge is 0.0544 e. The first-order valence-corrected chi connectivity index (χ1v) is 5.87. The van der Waals surface area contributed by atoms with Gasteiger partial charge in [-0.1, -0.05) is 6.92 Å². The summed E-state index contributed by atoms with van der Waals surface area (Å²) in [5.41, 5.74) is 1.21. The Morgan fingerprint density at radius 3 is 2.94 bits per heavy atom. The van der Waals surface area contributed by atoms with Crippen molar-refractivity contribution in [3.8, 4) is 0 Å². The molecule has 0 radical (unpaired) electrons. The van der Waals surface area contributed by atoms with Crippen LogP contribution in [0.5, 0.6) is 0 Å². The average molecular weight is 223 g/mol. The molecule has 1 N–H and O–H groups in total. The van der Waals surface area contributed by atoms with Crippen LogP contribution in [0.3, 0.4) is 0 Å². The highest BCUT2D eigenvalue weighted by atomic mass is 16.5. The third-order valence-electron chi connectivity index (χ3n) is 2.49. The van der Waals surface area contributed by atoms with E-state index in [2.05, 4.69) is 22.4 Å². The predicted octanol–water partition coefficient (Wildman–Crippen LogP) is 1.94. The zero-order valence-corrected chi connectivity index (χ0v) is 10.1. The van der Waals surface area contributed by atoms with Crippen LogP contribution in [0, 0.1) is 0 Å². The summed E-state index contributed by atoms with van der Waals surface area (Å²) in [6, 6.07) is 2.39. The van der Waals surface area contributed by atoms with Gasteiger partial charge in [0.1, 0.15) is 0 Å². The number of hydrogen-bond donors (Lipinski definition) is 1. The van der Waals surface area contributed by atoms with E-state index in [9.17, 15) is 0 Å². The van der Waals surface area contributed by atoms with Crippen molar-refractivity contribution in [3.63, 3.8) is 0 Å². The molecule has 0 fully saturated rings. The van der Waals surface area contributed by atoms with Gasteiger partial charge in [-0.15, -0.1) is 0 Å². The van der Waals surface area contributed by atoms with E-state index in [1.807, 2.05) is 12.3 Å². The van der Waals surface area contributed by atoms with Crippen LogP contribution >= 0.6 is 0 Å². The largest absolute Gasteiger partial charge is 0.385 e. The zero-order chi connectivity index (χ0) is 11.6. The minimum Gasteiger partial charge on any atom is -0.385 e. The van der Waals surface area contributed by atoms with Gasteiger partial charge in [-0.3, -0.25) is 0 Å². The Kier molecular flexibility index (Phi) is 6.69. The lowest BCUT2D eigenvalue weighted by atomic mass is 10.0. The highest BCUT2D eigenvalue weighted by Crippen LogP contribution is 2.16. The van der Waals surface area contributed by atoms with Gasteiger partial charge in [-0.05, 0) is 37.4 Å². The van der Waals surface area contributed by atoms with Gasteiger partial charge in [0.05, 0.1) is 6.20 Å². The van der Waals surface area contributed by atoms with Crippen LogP contribution in [0.4, 0.5) is 0 Å². The topological polar surface area (TPSA) is 47.0 Å². The van der Waals surface area contributed by atoms with Crippen molar-refractivity contribution in [1.29, 1.82) is 0 Å². The van der Waals surface area contributed by atoms with Crippen LogP contribution in [-0.4, -0.2) is 30.5 Å². The lowest BCUT2D eigenvalue weighted by molar-refractivity contribution is 0.188. The molecule has 16 heavy (non-hydrogen) atoms. The summed E-state index contributed by atoms with van der Waals surface area (Å²) in [5, 5.41) is 11.2. The highest BCUT2D eigenvalue weighted by Gasteiger charge is 2.10. The molecule has 1 unspecified atom stereocenters. The van der Waals surface area contributed by atoms with E-state index in [1.165, 1.54) is 5.56 Å². The minimum absolute atomic E-state index is 0.366. The molecule has 0 aromatic carbocycles. The van der Waals surface area contributed by atoms with Crippen LogP contribution in [0.1, 0.15) is 37.8 Å². The standard InChI is InChI=1S/C12H21N3O/c1-3-7-13-12(5-4-9-16-2)11-6-8-14-15-10-11/h6,8,10,12-13H,3-5,7,9H2,1-2H3. The molecule has 4 nitrogen and oxygen atoms in total. The average Bonchev–Trinajstić information content (AvgIpc) is 2.35. The van der Waals surface area contributed by atoms with Crippen LogP contribution < -0.4 is 5.32 Å². The van der Waals surface area contributed by atoms with Gasteiger partial charge >= 0.3 is 0 Å². The fraction of sp³-hybridized carbons (Fsp3) is 0.667. The van der Waals surface area contributed by atoms with Crippen LogP contribution in [0.15, 0.2) is 18.5 Å². The number of hydrogen-bond acceptors (Lipinski definition) is 4. The Morgan fingerprint density at radius 1 is 1.44 bits per heavy atom. The Balaban J connectivity index is 2.49. The summed E-state index contributed by atoms with van der Waals surface area (Å²) in [6.45, 7) is 4.01. The van der Waals surface area contributed by atoms with Crippen molar-refractivity contribution in [2.24, 2.45) is 0 Å². The molecule has 1 atom stereocenters. The molecule has 1 aromatic rings. The Labute approximate surface area is 97.4 Å². The molecule has 0 spiro atoms. The molecular formula is C12H21N3O. The number of nitrogens with zero attached hydrogens (tertiary/aromatic N) is 2. The second-order valence-electron chi connectivity index (χ2n) is 3.82. The second-order valence-corrected chi connectivity index (χ2v) is 3.82. The molecule has 0 saturated carbocycles. The molecule has 1 heterocycles. The summed E-state index contributed by atoms with van der Waals surface area (Å²) < 4.78 is 5.08. The maximum absolute atomic E-state index is 5.08. The lowest BCUT2D eigenvalue weighted by Crippen LogP contribution is -2.22. The van der Waals surface area contributed by atoms with Crippen molar-refractivity contribution in [3.05, 3.63) is 24.0 Å². The highest BCUT2D eigenvalue weighted by molar-refractivity contribution is 5.11. The molecule has 0 saturated heterocycles. The Bertz CT molecular complexity index is 266. The van der Waals surface area contributed by atoms with E-state index in [0.717, 1.165) is 32.4 Å². The van der Waals surface area contributed by atoms with E-state index in [1.54, 1.807) is 13.3 Å². The monoisotopic (exact) mass is 223 g/mol. The summed E-state index contributed by atoms with van der Waals surface area (Å²) >= 11 is 0. The second kappa shape index (κ2) is 8.19. The van der Waals surface area contributed by atoms with Gasteiger partial charge in [0.25, 0.3) is 0 Å². The van der Waals surface area contributed by atoms with Gasteiger partial charge in [0.2, 0.25) is 0 Å². The number of aromatic nitrogens is 2. The molecular weight excluding hydrogens is 202 g/mol. The first kappa shape index (κ1) is 13.1. The Hall–Kier alpha value is -1.00. The maximum atomic E-state index is 5.08. The fourth-order valence-electron chi connectivity index (χ4n) is 1.64. The summed E-state index contributed by atoms with van der Waals surface area (Å²) in [7, 11) is 1.74. The summed E-state index contributed by atoms with van der Waals surface area (Å²) in [4.78, 5) is 0. The quantitative estimate of drug-likeness (QED) is 0.684. The zero-order valence-electron chi connectivity index (χ0n) is 10.1. The summed E-state index contributed by atoms with van der Waals surface area (Å²) in [5.74, 6) is 0. The molecule has 90 valence electrons. The van der Waals surface area contributed by atoms with Crippen LogP contribution in [0.2, 0.25) is 0 Å². The van der Waals surface area contributed by atoms with Gasteiger partial charge < -0.3 is 10.1 Å². The first-order chi connectivity index (χ1) is 7.88. The van der Waals surface area contributed by atoms with Crippen LogP contribution in [0.25, 0.3) is 0 Å². The van der Waals surface area contributed by atoms with Gasteiger partial charge in [-0.25, -0.2) is 0 Å². The van der Waals surface area contributed by atoms with Crippen molar-refractivity contribution in [2.75, 3.05) is 20.3 Å². The third-order valence-corrected chi connectivity index (χ3v) is 2.49. The van der Waals surface area contributed by atoms with Crippen molar-refractivity contribution in [1.82, 2.24) is 15.5 Å². The number of ether oxygens (including phenoxy) is 1. The normalized spacial score (nSPS) is 12.6. The van der Waals surface area contributed by atoms with E-state index >= 15 is 0 Å². The summed E-state index contributed by atoms with van der Waals surface area (Å²) in [6.07, 6.45) is 6.84. The number of methoxy groups -OCH3 is 1. The third kappa shape index (κ3) is 4.68. The molecule has 0 bridgehead atoms. The maximum Gasteiger partial charge on any atom is 0.0544 e. The number of nitrogens with one attached hydrogen (secondary N) is 1. The van der Waals surface area contributed by atoms with E-state index in [0.29, 0.717) is 6.04 Å². The van der Waals surface area contributed by atoms with Gasteiger partial charge in [-0.2, -0.15) is 10.2 Å².